The van der Waals surface area contributed by atoms with Crippen LogP contribution in [0.4, 0.5) is 0 Å². The number of nitrogens with one attached hydrogen (secondary N) is 2. The van der Waals surface area contributed by atoms with Crippen molar-refractivity contribution >= 4 is 56.1 Å². The maximum absolute atomic E-state index is 12.2. The summed E-state index contributed by atoms with van der Waals surface area (Å²) in [6.07, 6.45) is 2.64. The van der Waals surface area contributed by atoms with Crippen LogP contribution in [0.25, 0.3) is 0 Å². The van der Waals surface area contributed by atoms with Gasteiger partial charge in [0.25, 0.3) is 11.8 Å². The molecule has 162 valence electrons. The summed E-state index contributed by atoms with van der Waals surface area (Å²) in [6, 6.07) is 15.6. The summed E-state index contributed by atoms with van der Waals surface area (Å²) >= 11 is 6.58. The van der Waals surface area contributed by atoms with Gasteiger partial charge in [0.05, 0.1) is 12.4 Å². The highest BCUT2D eigenvalue weighted by molar-refractivity contribution is 9.10. The molecule has 2 amide bonds. The van der Waals surface area contributed by atoms with Crippen molar-refractivity contribution in [3.63, 3.8) is 0 Å². The minimum absolute atomic E-state index is 0.0272. The quantitative estimate of drug-likeness (QED) is 0.267. The number of halogens is 2. The van der Waals surface area contributed by atoms with Crippen LogP contribution in [-0.4, -0.2) is 34.5 Å². The summed E-state index contributed by atoms with van der Waals surface area (Å²) in [6.45, 7) is 0. The average molecular weight is 560 g/mol. The van der Waals surface area contributed by atoms with Gasteiger partial charge in [0.2, 0.25) is 0 Å². The Bertz CT molecular complexity index is 1120. The maximum Gasteiger partial charge on any atom is 0.271 e. The van der Waals surface area contributed by atoms with E-state index < -0.39 is 11.8 Å². The summed E-state index contributed by atoms with van der Waals surface area (Å²) in [5.74, 6) is -0.907. The molecule has 0 aliphatic heterocycles. The molecule has 0 fully saturated rings. The lowest BCUT2D eigenvalue weighted by Gasteiger charge is -2.03. The molecule has 0 atom stereocenters. The number of amides is 2. The first-order chi connectivity index (χ1) is 15.3. The molecule has 0 saturated heterocycles. The van der Waals surface area contributed by atoms with Gasteiger partial charge in [-0.1, -0.05) is 31.9 Å². The van der Waals surface area contributed by atoms with Gasteiger partial charge in [0.15, 0.2) is 0 Å². The SMILES string of the molecule is O=C(N/N=C/c1cc(Br)ccc1O)c1ccc(C(=O)N/N=C/c2cc(Br)ccc2O)cc1. The molecule has 0 aromatic heterocycles. The molecule has 0 heterocycles. The van der Waals surface area contributed by atoms with Crippen molar-refractivity contribution in [3.8, 4) is 11.5 Å². The van der Waals surface area contributed by atoms with E-state index in [0.717, 1.165) is 8.95 Å². The molecule has 0 bridgehead atoms. The molecule has 32 heavy (non-hydrogen) atoms. The smallest absolute Gasteiger partial charge is 0.271 e. The molecule has 8 nitrogen and oxygen atoms in total. The van der Waals surface area contributed by atoms with Crippen LogP contribution in [0.1, 0.15) is 31.8 Å². The van der Waals surface area contributed by atoms with Gasteiger partial charge < -0.3 is 10.2 Å². The normalized spacial score (nSPS) is 11.1. The number of hydrazone groups is 2. The van der Waals surface area contributed by atoms with Gasteiger partial charge in [0, 0.05) is 31.2 Å². The van der Waals surface area contributed by atoms with Gasteiger partial charge in [-0.05, 0) is 60.7 Å². The number of phenolic OH excluding ortho intramolecular Hbond substituents is 2. The van der Waals surface area contributed by atoms with Crippen LogP contribution in [0.3, 0.4) is 0 Å². The Kier molecular flexibility index (Phi) is 7.74. The maximum atomic E-state index is 12.2. The van der Waals surface area contributed by atoms with Gasteiger partial charge in [0.1, 0.15) is 11.5 Å². The van der Waals surface area contributed by atoms with E-state index in [0.29, 0.717) is 22.3 Å². The highest BCUT2D eigenvalue weighted by Crippen LogP contribution is 2.20. The predicted octanol–water partition coefficient (Wildman–Crippen LogP) is 4.15. The third-order valence-electron chi connectivity index (χ3n) is 4.13. The Morgan fingerprint density at radius 2 is 1.06 bits per heavy atom. The number of phenols is 2. The van der Waals surface area contributed by atoms with E-state index in [-0.39, 0.29) is 11.5 Å². The van der Waals surface area contributed by atoms with E-state index in [1.54, 1.807) is 24.3 Å². The zero-order valence-electron chi connectivity index (χ0n) is 16.3. The topological polar surface area (TPSA) is 123 Å². The zero-order valence-corrected chi connectivity index (χ0v) is 19.5. The summed E-state index contributed by atoms with van der Waals surface area (Å²) in [7, 11) is 0. The molecular formula is C22H16Br2N4O4. The largest absolute Gasteiger partial charge is 0.507 e. The number of rotatable bonds is 6. The first kappa shape index (κ1) is 23.2. The lowest BCUT2D eigenvalue weighted by atomic mass is 10.1. The van der Waals surface area contributed by atoms with Crippen molar-refractivity contribution in [1.29, 1.82) is 0 Å². The Labute approximate surface area is 199 Å². The van der Waals surface area contributed by atoms with Crippen LogP contribution >= 0.6 is 31.9 Å². The van der Waals surface area contributed by atoms with E-state index in [1.165, 1.54) is 48.8 Å². The van der Waals surface area contributed by atoms with Crippen LogP contribution in [0.2, 0.25) is 0 Å². The van der Waals surface area contributed by atoms with Crippen LogP contribution in [-0.2, 0) is 0 Å². The van der Waals surface area contributed by atoms with E-state index in [9.17, 15) is 19.8 Å². The van der Waals surface area contributed by atoms with E-state index in [1.807, 2.05) is 0 Å². The van der Waals surface area contributed by atoms with Crippen molar-refractivity contribution in [1.82, 2.24) is 10.9 Å². The predicted molar refractivity (Wildman–Crippen MR) is 128 cm³/mol. The average Bonchev–Trinajstić information content (AvgIpc) is 2.78. The lowest BCUT2D eigenvalue weighted by molar-refractivity contribution is 0.0943. The number of hydrogen-bond donors (Lipinski definition) is 4. The number of carbonyl (C=O) groups excluding carboxylic acids is 2. The van der Waals surface area contributed by atoms with Crippen molar-refractivity contribution in [2.45, 2.75) is 0 Å². The summed E-state index contributed by atoms with van der Waals surface area (Å²) in [5.41, 5.74) is 6.17. The second kappa shape index (κ2) is 10.7. The van der Waals surface area contributed by atoms with Gasteiger partial charge >= 0.3 is 0 Å². The molecular weight excluding hydrogens is 544 g/mol. The molecule has 10 heteroatoms. The molecule has 4 N–H and O–H groups in total. The second-order valence-electron chi connectivity index (χ2n) is 6.38. The van der Waals surface area contributed by atoms with E-state index >= 15 is 0 Å². The number of aromatic hydroxyl groups is 2. The Morgan fingerprint density at radius 1 is 0.688 bits per heavy atom. The minimum atomic E-state index is -0.481. The fourth-order valence-corrected chi connectivity index (χ4v) is 3.24. The summed E-state index contributed by atoms with van der Waals surface area (Å²) < 4.78 is 1.52. The van der Waals surface area contributed by atoms with E-state index in [4.69, 9.17) is 0 Å². The molecule has 0 radical (unpaired) electrons. The number of benzene rings is 3. The monoisotopic (exact) mass is 558 g/mol. The first-order valence-electron chi connectivity index (χ1n) is 9.07. The van der Waals surface area contributed by atoms with Crippen LogP contribution in [0, 0.1) is 0 Å². The Hall–Kier alpha value is -3.50. The van der Waals surface area contributed by atoms with Crippen molar-refractivity contribution < 1.29 is 19.8 Å². The third kappa shape index (κ3) is 6.25. The van der Waals surface area contributed by atoms with Gasteiger partial charge in [-0.25, -0.2) is 10.9 Å². The van der Waals surface area contributed by atoms with Gasteiger partial charge in [-0.2, -0.15) is 10.2 Å². The number of nitrogens with zero attached hydrogens (tertiary/aromatic N) is 2. The molecule has 0 aliphatic rings. The van der Waals surface area contributed by atoms with Crippen LogP contribution in [0.5, 0.6) is 11.5 Å². The molecule has 0 aliphatic carbocycles. The molecule has 3 aromatic rings. The van der Waals surface area contributed by atoms with E-state index in [2.05, 4.69) is 52.9 Å². The van der Waals surface area contributed by atoms with Crippen molar-refractivity contribution in [3.05, 3.63) is 91.9 Å². The van der Waals surface area contributed by atoms with Gasteiger partial charge in [-0.15, -0.1) is 0 Å². The lowest BCUT2D eigenvalue weighted by Crippen LogP contribution is -2.19. The third-order valence-corrected chi connectivity index (χ3v) is 5.11. The standard InChI is InChI=1S/C22H16Br2N4O4/c23-17-5-7-19(29)15(9-17)11-25-27-21(31)13-1-2-14(4-3-13)22(32)28-26-12-16-10-18(24)6-8-20(16)30/h1-12,29-30H,(H,27,31)(H,28,32)/b25-11+,26-12+. The highest BCUT2D eigenvalue weighted by Gasteiger charge is 2.08. The summed E-state index contributed by atoms with van der Waals surface area (Å²) in [4.78, 5) is 24.4. The fraction of sp³-hybridized carbons (Fsp3) is 0. The first-order valence-corrected chi connectivity index (χ1v) is 10.7. The van der Waals surface area contributed by atoms with Crippen LogP contribution < -0.4 is 10.9 Å². The Balaban J connectivity index is 1.57. The minimum Gasteiger partial charge on any atom is -0.507 e. The van der Waals surface area contributed by atoms with Crippen molar-refractivity contribution in [2.24, 2.45) is 10.2 Å². The Morgan fingerprint density at radius 3 is 1.44 bits per heavy atom. The van der Waals surface area contributed by atoms with Crippen LogP contribution in [0.15, 0.2) is 79.8 Å². The molecule has 0 unspecified atom stereocenters. The highest BCUT2D eigenvalue weighted by atomic mass is 79.9. The van der Waals surface area contributed by atoms with Gasteiger partial charge in [-0.3, -0.25) is 9.59 Å². The molecule has 0 spiro atoms. The molecule has 3 aromatic carbocycles. The van der Waals surface area contributed by atoms with Crippen molar-refractivity contribution in [2.75, 3.05) is 0 Å². The fourth-order valence-electron chi connectivity index (χ4n) is 2.48. The molecule has 0 saturated carbocycles. The summed E-state index contributed by atoms with van der Waals surface area (Å²) in [5, 5.41) is 27.2. The molecule has 3 rings (SSSR count). The number of carbonyl (C=O) groups is 2. The number of hydrogen-bond acceptors (Lipinski definition) is 6. The second-order valence-corrected chi connectivity index (χ2v) is 8.21. The zero-order chi connectivity index (χ0) is 23.1.